The molecule has 1 aliphatic heterocycles. The van der Waals surface area contributed by atoms with E-state index in [0.717, 1.165) is 0 Å². The van der Waals surface area contributed by atoms with Crippen LogP contribution in [0.2, 0.25) is 5.15 Å². The summed E-state index contributed by atoms with van der Waals surface area (Å²) in [6, 6.07) is 5.07. The predicted octanol–water partition coefficient (Wildman–Crippen LogP) is 2.16. The van der Waals surface area contributed by atoms with Crippen LogP contribution < -0.4 is 9.47 Å². The van der Waals surface area contributed by atoms with Crippen LogP contribution in [0, 0.1) is 0 Å². The van der Waals surface area contributed by atoms with E-state index >= 15 is 0 Å². The van der Waals surface area contributed by atoms with Crippen molar-refractivity contribution in [2.45, 2.75) is 0 Å². The molecule has 0 saturated heterocycles. The van der Waals surface area contributed by atoms with E-state index in [4.69, 9.17) is 26.2 Å². The lowest BCUT2D eigenvalue weighted by atomic mass is 10.1. The molecule has 3 rings (SSSR count). The third kappa shape index (κ3) is 1.58. The van der Waals surface area contributed by atoms with Crippen molar-refractivity contribution in [1.29, 1.82) is 0 Å². The molecule has 0 unspecified atom stereocenters. The summed E-state index contributed by atoms with van der Waals surface area (Å²) in [6.45, 7) is 0.159. The molecule has 1 aromatic heterocycles. The third-order valence-corrected chi connectivity index (χ3v) is 2.86. The van der Waals surface area contributed by atoms with Crippen LogP contribution in [-0.2, 0) is 0 Å². The lowest BCUT2D eigenvalue weighted by Gasteiger charge is -2.01. The summed E-state index contributed by atoms with van der Waals surface area (Å²) in [6.07, 6.45) is 0. The molecule has 92 valence electrons. The summed E-state index contributed by atoms with van der Waals surface area (Å²) < 4.78 is 10.4. The van der Waals surface area contributed by atoms with Crippen LogP contribution in [0.25, 0.3) is 11.3 Å². The quantitative estimate of drug-likeness (QED) is 0.870. The van der Waals surface area contributed by atoms with Crippen molar-refractivity contribution >= 4 is 17.6 Å². The summed E-state index contributed by atoms with van der Waals surface area (Å²) >= 11 is 5.75. The number of H-pyrrole nitrogens is 1. The maximum absolute atomic E-state index is 11.1. The highest BCUT2D eigenvalue weighted by atomic mass is 35.5. The topological polar surface area (TPSA) is 84.4 Å². The molecule has 0 spiro atoms. The van der Waals surface area contributed by atoms with Gasteiger partial charge >= 0.3 is 5.97 Å². The Balaban J connectivity index is 2.13. The van der Waals surface area contributed by atoms with Crippen LogP contribution >= 0.6 is 11.6 Å². The number of carboxylic acid groups (broad SMARTS) is 1. The normalized spacial score (nSPS) is 12.7. The van der Waals surface area contributed by atoms with Gasteiger partial charge in [-0.1, -0.05) is 11.6 Å². The Bertz CT molecular complexity index is 638. The fraction of sp³-hybridized carbons (Fsp3) is 0.0909. The van der Waals surface area contributed by atoms with Crippen LogP contribution in [0.1, 0.15) is 10.4 Å². The monoisotopic (exact) mass is 266 g/mol. The van der Waals surface area contributed by atoms with Gasteiger partial charge in [0.15, 0.2) is 11.5 Å². The van der Waals surface area contributed by atoms with E-state index in [1.807, 2.05) is 0 Å². The number of nitrogens with zero attached hydrogens (tertiary/aromatic N) is 1. The van der Waals surface area contributed by atoms with Gasteiger partial charge in [-0.05, 0) is 18.2 Å². The number of hydrogen-bond donors (Lipinski definition) is 2. The van der Waals surface area contributed by atoms with E-state index in [1.54, 1.807) is 18.2 Å². The molecule has 0 radical (unpaired) electrons. The van der Waals surface area contributed by atoms with Gasteiger partial charge in [-0.25, -0.2) is 4.79 Å². The summed E-state index contributed by atoms with van der Waals surface area (Å²) in [5.41, 5.74) is 0.807. The van der Waals surface area contributed by atoms with Gasteiger partial charge in [0.2, 0.25) is 6.79 Å². The van der Waals surface area contributed by atoms with Gasteiger partial charge in [0.25, 0.3) is 0 Å². The first-order valence-corrected chi connectivity index (χ1v) is 5.42. The zero-order chi connectivity index (χ0) is 12.7. The second-order valence-corrected chi connectivity index (χ2v) is 4.01. The fourth-order valence-electron chi connectivity index (χ4n) is 1.77. The highest BCUT2D eigenvalue weighted by molar-refractivity contribution is 6.33. The minimum absolute atomic E-state index is 0.00448. The van der Waals surface area contributed by atoms with E-state index < -0.39 is 5.97 Å². The van der Waals surface area contributed by atoms with Crippen LogP contribution in [0.4, 0.5) is 0 Å². The van der Waals surface area contributed by atoms with Crippen molar-refractivity contribution in [2.24, 2.45) is 0 Å². The van der Waals surface area contributed by atoms with Crippen LogP contribution in [0.5, 0.6) is 11.5 Å². The van der Waals surface area contributed by atoms with Crippen molar-refractivity contribution in [3.8, 4) is 22.8 Å². The highest BCUT2D eigenvalue weighted by Gasteiger charge is 2.22. The van der Waals surface area contributed by atoms with E-state index in [-0.39, 0.29) is 23.2 Å². The first-order valence-electron chi connectivity index (χ1n) is 5.04. The van der Waals surface area contributed by atoms with Crippen molar-refractivity contribution in [2.75, 3.05) is 6.79 Å². The fourth-order valence-corrected chi connectivity index (χ4v) is 1.98. The molecule has 1 aliphatic rings. The number of carbonyl (C=O) groups is 1. The van der Waals surface area contributed by atoms with E-state index in [0.29, 0.717) is 17.1 Å². The maximum atomic E-state index is 11.1. The van der Waals surface area contributed by atoms with Gasteiger partial charge in [0.05, 0.1) is 0 Å². The Kier molecular flexibility index (Phi) is 2.38. The van der Waals surface area contributed by atoms with Gasteiger partial charge < -0.3 is 14.6 Å². The number of carboxylic acids is 1. The molecule has 2 N–H and O–H groups in total. The van der Waals surface area contributed by atoms with Crippen LogP contribution in [0.3, 0.4) is 0 Å². The number of halogens is 1. The van der Waals surface area contributed by atoms with E-state index in [1.165, 1.54) is 0 Å². The molecule has 7 heteroatoms. The Morgan fingerprint density at radius 2 is 2.17 bits per heavy atom. The zero-order valence-electron chi connectivity index (χ0n) is 8.94. The molecule has 2 aromatic rings. The Hall–Kier alpha value is -2.21. The molecule has 0 saturated carbocycles. The Labute approximate surface area is 106 Å². The molecule has 18 heavy (non-hydrogen) atoms. The average molecular weight is 267 g/mol. The SMILES string of the molecule is O=C(O)c1c(-c2ccc3c(c2)OCO3)n[nH]c1Cl. The number of ether oxygens (including phenoxy) is 2. The molecular weight excluding hydrogens is 260 g/mol. The highest BCUT2D eigenvalue weighted by Crippen LogP contribution is 2.37. The number of aromatic amines is 1. The molecule has 6 nitrogen and oxygen atoms in total. The molecule has 0 fully saturated rings. The number of nitrogens with one attached hydrogen (secondary N) is 1. The smallest absolute Gasteiger partial charge is 0.341 e. The third-order valence-electron chi connectivity index (χ3n) is 2.58. The molecule has 0 bridgehead atoms. The maximum Gasteiger partial charge on any atom is 0.341 e. The molecule has 0 amide bonds. The van der Waals surface area contributed by atoms with Crippen LogP contribution in [0.15, 0.2) is 18.2 Å². The lowest BCUT2D eigenvalue weighted by molar-refractivity contribution is 0.0698. The van der Waals surface area contributed by atoms with Crippen molar-refractivity contribution in [3.63, 3.8) is 0 Å². The first kappa shape index (κ1) is 10.9. The standard InChI is InChI=1S/C11H7ClN2O4/c12-10-8(11(15)16)9(13-14-10)5-1-2-6-7(3-5)18-4-17-6/h1-3H,4H2,(H,13,14)(H,15,16). The van der Waals surface area contributed by atoms with Crippen molar-refractivity contribution in [3.05, 3.63) is 28.9 Å². The number of aromatic carboxylic acids is 1. The molecule has 1 aromatic carbocycles. The average Bonchev–Trinajstić information content (AvgIpc) is 2.93. The van der Waals surface area contributed by atoms with Crippen LogP contribution in [-0.4, -0.2) is 28.1 Å². The number of aromatic nitrogens is 2. The summed E-state index contributed by atoms with van der Waals surface area (Å²) in [7, 11) is 0. The number of rotatable bonds is 2. The Morgan fingerprint density at radius 3 is 2.94 bits per heavy atom. The molecule has 0 aliphatic carbocycles. The molecule has 2 heterocycles. The second-order valence-electron chi connectivity index (χ2n) is 3.63. The van der Waals surface area contributed by atoms with Gasteiger partial charge in [-0.3, -0.25) is 5.10 Å². The molecular formula is C11H7ClN2O4. The summed E-state index contributed by atoms with van der Waals surface area (Å²) in [4.78, 5) is 11.1. The van der Waals surface area contributed by atoms with E-state index in [9.17, 15) is 4.79 Å². The number of fused-ring (bicyclic) bond motifs is 1. The minimum Gasteiger partial charge on any atom is -0.478 e. The van der Waals surface area contributed by atoms with Gasteiger partial charge in [0, 0.05) is 5.56 Å². The Morgan fingerprint density at radius 1 is 1.39 bits per heavy atom. The minimum atomic E-state index is -1.14. The zero-order valence-corrected chi connectivity index (χ0v) is 9.69. The second kappa shape index (κ2) is 3.92. The van der Waals surface area contributed by atoms with Gasteiger partial charge in [0.1, 0.15) is 16.4 Å². The number of hydrogen-bond acceptors (Lipinski definition) is 4. The largest absolute Gasteiger partial charge is 0.478 e. The van der Waals surface area contributed by atoms with Crippen molar-refractivity contribution < 1.29 is 19.4 Å². The van der Waals surface area contributed by atoms with E-state index in [2.05, 4.69) is 10.2 Å². The van der Waals surface area contributed by atoms with Crippen molar-refractivity contribution in [1.82, 2.24) is 10.2 Å². The predicted molar refractivity (Wildman–Crippen MR) is 62.1 cm³/mol. The summed E-state index contributed by atoms with van der Waals surface area (Å²) in [5, 5.41) is 15.4. The summed E-state index contributed by atoms with van der Waals surface area (Å²) in [5.74, 6) is 0.0432. The van der Waals surface area contributed by atoms with Gasteiger partial charge in [-0.15, -0.1) is 0 Å². The molecule has 0 atom stereocenters. The number of benzene rings is 1. The lowest BCUT2D eigenvalue weighted by Crippen LogP contribution is -1.97. The van der Waals surface area contributed by atoms with Gasteiger partial charge in [-0.2, -0.15) is 5.10 Å². The first-order chi connectivity index (χ1) is 8.66.